The summed E-state index contributed by atoms with van der Waals surface area (Å²) in [5.74, 6) is 2.13. The van der Waals surface area contributed by atoms with Gasteiger partial charge in [-0.05, 0) is 31.5 Å². The van der Waals surface area contributed by atoms with Crippen molar-refractivity contribution in [2.75, 3.05) is 19.5 Å². The number of imidazole rings is 1. The van der Waals surface area contributed by atoms with Crippen molar-refractivity contribution in [3.05, 3.63) is 47.4 Å². The maximum atomic E-state index is 6.07. The van der Waals surface area contributed by atoms with Crippen molar-refractivity contribution in [2.45, 2.75) is 27.0 Å². The number of pyridine rings is 1. The standard InChI is InChI=1S/C18H22N4O2/c1-12-13(2)20-18(19)16-17(12)22(15(21-16)11-23-3)9-10-24-14-7-5-4-6-8-14/h4-8H,9-11H2,1-3H3,(H2,19,20). The van der Waals surface area contributed by atoms with E-state index in [0.717, 1.165) is 33.9 Å². The van der Waals surface area contributed by atoms with Gasteiger partial charge in [-0.1, -0.05) is 18.2 Å². The molecule has 0 aliphatic rings. The van der Waals surface area contributed by atoms with Crippen LogP contribution in [-0.4, -0.2) is 28.3 Å². The van der Waals surface area contributed by atoms with Crippen LogP contribution in [-0.2, 0) is 17.9 Å². The number of hydrogen-bond acceptors (Lipinski definition) is 5. The number of anilines is 1. The number of methoxy groups -OCH3 is 1. The van der Waals surface area contributed by atoms with Crippen LogP contribution in [0.25, 0.3) is 11.0 Å². The van der Waals surface area contributed by atoms with Crippen molar-refractivity contribution < 1.29 is 9.47 Å². The number of benzene rings is 1. The van der Waals surface area contributed by atoms with Crippen LogP contribution < -0.4 is 10.5 Å². The van der Waals surface area contributed by atoms with E-state index in [1.165, 1.54) is 0 Å². The molecular weight excluding hydrogens is 304 g/mol. The molecule has 0 amide bonds. The van der Waals surface area contributed by atoms with Crippen LogP contribution in [0.2, 0.25) is 0 Å². The van der Waals surface area contributed by atoms with E-state index in [-0.39, 0.29) is 0 Å². The van der Waals surface area contributed by atoms with Crippen molar-refractivity contribution in [3.63, 3.8) is 0 Å². The van der Waals surface area contributed by atoms with Gasteiger partial charge in [0.1, 0.15) is 30.3 Å². The Morgan fingerprint density at radius 2 is 1.88 bits per heavy atom. The van der Waals surface area contributed by atoms with Gasteiger partial charge in [0.15, 0.2) is 5.82 Å². The van der Waals surface area contributed by atoms with Crippen molar-refractivity contribution in [1.82, 2.24) is 14.5 Å². The lowest BCUT2D eigenvalue weighted by Gasteiger charge is -2.12. The van der Waals surface area contributed by atoms with E-state index in [1.807, 2.05) is 44.2 Å². The minimum Gasteiger partial charge on any atom is -0.492 e. The van der Waals surface area contributed by atoms with Gasteiger partial charge in [-0.3, -0.25) is 0 Å². The molecule has 0 saturated carbocycles. The molecule has 0 spiro atoms. The van der Waals surface area contributed by atoms with Gasteiger partial charge >= 0.3 is 0 Å². The number of aryl methyl sites for hydroxylation is 2. The number of aromatic nitrogens is 3. The first-order chi connectivity index (χ1) is 11.6. The number of hydrogen-bond donors (Lipinski definition) is 1. The lowest BCUT2D eigenvalue weighted by Crippen LogP contribution is -2.12. The summed E-state index contributed by atoms with van der Waals surface area (Å²) in [6, 6.07) is 9.77. The Morgan fingerprint density at radius 3 is 2.58 bits per heavy atom. The third-order valence-corrected chi connectivity index (χ3v) is 4.08. The molecular formula is C18H22N4O2. The highest BCUT2D eigenvalue weighted by molar-refractivity contribution is 5.88. The number of rotatable bonds is 6. The van der Waals surface area contributed by atoms with Crippen LogP contribution in [0.3, 0.4) is 0 Å². The van der Waals surface area contributed by atoms with E-state index >= 15 is 0 Å². The zero-order valence-electron chi connectivity index (χ0n) is 14.2. The summed E-state index contributed by atoms with van der Waals surface area (Å²) < 4.78 is 13.2. The fourth-order valence-corrected chi connectivity index (χ4v) is 2.80. The molecule has 0 bridgehead atoms. The molecule has 2 N–H and O–H groups in total. The van der Waals surface area contributed by atoms with Gasteiger partial charge in [0, 0.05) is 12.8 Å². The molecule has 2 aromatic heterocycles. The molecule has 1 aromatic carbocycles. The number of ether oxygens (including phenoxy) is 2. The fourth-order valence-electron chi connectivity index (χ4n) is 2.80. The SMILES string of the molecule is COCc1nc2c(N)nc(C)c(C)c2n1CCOc1ccccc1. The van der Waals surface area contributed by atoms with Crippen LogP contribution >= 0.6 is 0 Å². The third-order valence-electron chi connectivity index (χ3n) is 4.08. The molecule has 0 atom stereocenters. The monoisotopic (exact) mass is 326 g/mol. The predicted octanol–water partition coefficient (Wildman–Crippen LogP) is 2.86. The number of fused-ring (bicyclic) bond motifs is 1. The molecule has 2 heterocycles. The second-order valence-electron chi connectivity index (χ2n) is 5.68. The van der Waals surface area contributed by atoms with E-state index < -0.39 is 0 Å². The smallest absolute Gasteiger partial charge is 0.151 e. The van der Waals surface area contributed by atoms with Crippen molar-refractivity contribution in [3.8, 4) is 5.75 Å². The summed E-state index contributed by atoms with van der Waals surface area (Å²) in [4.78, 5) is 9.00. The van der Waals surface area contributed by atoms with Gasteiger partial charge in [0.05, 0.1) is 12.1 Å². The van der Waals surface area contributed by atoms with E-state index in [4.69, 9.17) is 15.2 Å². The van der Waals surface area contributed by atoms with Gasteiger partial charge in [-0.15, -0.1) is 0 Å². The Hall–Kier alpha value is -2.60. The highest BCUT2D eigenvalue weighted by Gasteiger charge is 2.17. The molecule has 0 aliphatic carbocycles. The van der Waals surface area contributed by atoms with Crippen molar-refractivity contribution >= 4 is 16.9 Å². The number of nitrogens with two attached hydrogens (primary N) is 1. The molecule has 6 nitrogen and oxygen atoms in total. The first-order valence-electron chi connectivity index (χ1n) is 7.90. The Morgan fingerprint density at radius 1 is 1.12 bits per heavy atom. The van der Waals surface area contributed by atoms with Gasteiger partial charge in [-0.2, -0.15) is 0 Å². The molecule has 126 valence electrons. The van der Waals surface area contributed by atoms with Crippen LogP contribution in [0.1, 0.15) is 17.1 Å². The topological polar surface area (TPSA) is 75.2 Å². The van der Waals surface area contributed by atoms with Crippen LogP contribution in [0.15, 0.2) is 30.3 Å². The summed E-state index contributed by atoms with van der Waals surface area (Å²) in [5, 5.41) is 0. The maximum absolute atomic E-state index is 6.07. The summed E-state index contributed by atoms with van der Waals surface area (Å²) in [5.41, 5.74) is 9.78. The first kappa shape index (κ1) is 16.3. The Balaban J connectivity index is 1.94. The Kier molecular flexibility index (Phi) is 4.66. The van der Waals surface area contributed by atoms with Crippen LogP contribution in [0.5, 0.6) is 5.75 Å². The van der Waals surface area contributed by atoms with E-state index in [1.54, 1.807) is 7.11 Å². The quantitative estimate of drug-likeness (QED) is 0.754. The summed E-state index contributed by atoms with van der Waals surface area (Å²) in [6.07, 6.45) is 0. The first-order valence-corrected chi connectivity index (χ1v) is 7.90. The van der Waals surface area contributed by atoms with Crippen LogP contribution in [0.4, 0.5) is 5.82 Å². The highest BCUT2D eigenvalue weighted by Crippen LogP contribution is 2.26. The minimum absolute atomic E-state index is 0.415. The van der Waals surface area contributed by atoms with Gasteiger partial charge in [-0.25, -0.2) is 9.97 Å². The molecule has 0 radical (unpaired) electrons. The average molecular weight is 326 g/mol. The lowest BCUT2D eigenvalue weighted by atomic mass is 10.2. The predicted molar refractivity (Wildman–Crippen MR) is 94.1 cm³/mol. The normalized spacial score (nSPS) is 11.1. The summed E-state index contributed by atoms with van der Waals surface area (Å²) in [6.45, 7) is 5.61. The number of nitrogens with zero attached hydrogens (tertiary/aromatic N) is 3. The lowest BCUT2D eigenvalue weighted by molar-refractivity contribution is 0.173. The summed E-state index contributed by atoms with van der Waals surface area (Å²) >= 11 is 0. The average Bonchev–Trinajstić information content (AvgIpc) is 2.93. The zero-order chi connectivity index (χ0) is 17.1. The molecule has 3 aromatic rings. The molecule has 24 heavy (non-hydrogen) atoms. The Bertz CT molecular complexity index is 843. The minimum atomic E-state index is 0.415. The van der Waals surface area contributed by atoms with E-state index in [9.17, 15) is 0 Å². The van der Waals surface area contributed by atoms with Crippen LogP contribution in [0, 0.1) is 13.8 Å². The van der Waals surface area contributed by atoms with E-state index in [2.05, 4.69) is 14.5 Å². The number of nitrogen functional groups attached to an aromatic ring is 1. The second-order valence-corrected chi connectivity index (χ2v) is 5.68. The van der Waals surface area contributed by atoms with Gasteiger partial charge in [0.25, 0.3) is 0 Å². The second kappa shape index (κ2) is 6.88. The molecule has 0 saturated heterocycles. The van der Waals surface area contributed by atoms with Gasteiger partial charge in [0.2, 0.25) is 0 Å². The third kappa shape index (κ3) is 3.05. The zero-order valence-corrected chi connectivity index (χ0v) is 14.2. The Labute approximate surface area is 141 Å². The molecule has 0 aliphatic heterocycles. The summed E-state index contributed by atoms with van der Waals surface area (Å²) in [7, 11) is 1.66. The molecule has 0 unspecified atom stereocenters. The maximum Gasteiger partial charge on any atom is 0.151 e. The van der Waals surface area contributed by atoms with Crippen molar-refractivity contribution in [1.29, 1.82) is 0 Å². The largest absolute Gasteiger partial charge is 0.492 e. The molecule has 6 heteroatoms. The molecule has 0 fully saturated rings. The molecule has 3 rings (SSSR count). The van der Waals surface area contributed by atoms with E-state index in [0.29, 0.717) is 25.6 Å². The highest BCUT2D eigenvalue weighted by atomic mass is 16.5. The van der Waals surface area contributed by atoms with Gasteiger partial charge < -0.3 is 19.8 Å². The van der Waals surface area contributed by atoms with Crippen molar-refractivity contribution in [2.24, 2.45) is 0 Å². The number of para-hydroxylation sites is 1. The fraction of sp³-hybridized carbons (Fsp3) is 0.333.